The molecule has 137 heavy (non-hydrogen) atoms. The summed E-state index contributed by atoms with van der Waals surface area (Å²) in [6, 6.07) is 84.8. The number of esters is 6. The molecule has 0 aliphatic carbocycles. The van der Waals surface area contributed by atoms with E-state index in [9.17, 15) is 28.8 Å². The standard InChI is InChI=1S/2C30H31NO5.C29H29NO5.3C7H6N2S/c1-3-7-22-8-10-23(11-9-22)25-14-17-28(26(20-25)21-31)36-30(33)24-12-15-27(16-13-24)34-18-5-6-19-35-29(32)4-2;1-3-7-22-8-10-23(11-9-22)28-17-16-27(20-25(28)21-31)36-30(33)24-12-14-26(15-13-24)34-18-5-6-19-35-29(32)4-2;1-3-6-21-7-9-22(10-8-21)27-16-15-26(19-24(27)20-30)35-29(32)23-11-13-25(14-12-23)33-17-5-18-34-28(31)4-2;3*8-7-9-5-3-1-2-4-6(5)10-7/h2*4,8-17,20-21,31H,2-3,5-7,18-19H2,1H3;4,7-16,19-20,30H,2-3,5-6,17-18H2,1H3;3*1-4H,(H2,8,9). The lowest BCUT2D eigenvalue weighted by Gasteiger charge is -2.11. The molecule has 0 saturated carbocycles. The molecule has 3 heterocycles. The van der Waals surface area contributed by atoms with Crippen LogP contribution in [0.3, 0.4) is 0 Å². The van der Waals surface area contributed by atoms with Gasteiger partial charge in [-0.1, -0.05) is 221 Å². The number of nitrogens with two attached hydrogens (primary N) is 3. The number of hydrogen-bond acceptors (Lipinski definition) is 27. The van der Waals surface area contributed by atoms with Crippen LogP contribution in [0, 0.1) is 16.2 Å². The van der Waals surface area contributed by atoms with E-state index in [0.717, 1.165) is 134 Å². The molecule has 0 unspecified atom stereocenters. The van der Waals surface area contributed by atoms with Gasteiger partial charge >= 0.3 is 35.8 Å². The molecule has 12 aromatic carbocycles. The molecule has 15 aromatic rings. The molecule has 0 amide bonds. The highest BCUT2D eigenvalue weighted by molar-refractivity contribution is 7.22. The molecule has 0 aliphatic heterocycles. The molecular weight excluding hydrogens is 1780 g/mol. The summed E-state index contributed by atoms with van der Waals surface area (Å²) in [6.07, 6.45) is 16.9. The number of benzene rings is 12. The van der Waals surface area contributed by atoms with Crippen molar-refractivity contribution in [1.29, 1.82) is 16.2 Å². The van der Waals surface area contributed by atoms with Gasteiger partial charge in [0.2, 0.25) is 0 Å². The molecule has 0 aliphatic rings. The lowest BCUT2D eigenvalue weighted by atomic mass is 9.98. The van der Waals surface area contributed by atoms with E-state index in [1.165, 1.54) is 69.3 Å². The second-order valence-electron chi connectivity index (χ2n) is 30.3. The van der Waals surface area contributed by atoms with Crippen molar-refractivity contribution in [1.82, 2.24) is 15.0 Å². The van der Waals surface area contributed by atoms with Crippen LogP contribution in [0.2, 0.25) is 0 Å². The Morgan fingerprint density at radius 3 is 0.949 bits per heavy atom. The SMILES string of the molecule is C=CC(=O)OCCCCOc1ccc(C(=O)Oc2ccc(-c3ccc(CCC)cc3)c(C=N)c2)cc1.C=CC(=O)OCCCCOc1ccc(C(=O)Oc2ccc(-c3ccc(CCC)cc3)cc2C=N)cc1.C=CC(=O)OCCCOc1ccc(C(=O)Oc2ccc(-c3ccc(CCC)cc3)c(C=N)c2)cc1.Nc1nc2ccccc2s1.Nc1nc2ccccc2s1.Nc1nc2ccccc2s1. The lowest BCUT2D eigenvalue weighted by molar-refractivity contribution is -0.138. The summed E-state index contributed by atoms with van der Waals surface area (Å²) in [5.41, 5.74) is 32.2. The number of aromatic nitrogens is 3. The Morgan fingerprint density at radius 2 is 0.620 bits per heavy atom. The molecule has 0 radical (unpaired) electrons. The maximum absolute atomic E-state index is 12.7. The van der Waals surface area contributed by atoms with E-state index in [2.05, 4.69) is 128 Å². The second kappa shape index (κ2) is 55.6. The van der Waals surface area contributed by atoms with E-state index in [-0.39, 0.29) is 6.61 Å². The van der Waals surface area contributed by atoms with Gasteiger partial charge < -0.3 is 76.1 Å². The van der Waals surface area contributed by atoms with E-state index in [0.29, 0.717) is 136 Å². The number of carbonyl (C=O) groups excluding carboxylic acids is 6. The number of nitrogen functional groups attached to an aromatic ring is 3. The van der Waals surface area contributed by atoms with Crippen LogP contribution in [0.25, 0.3) is 64.0 Å². The molecule has 0 bridgehead atoms. The van der Waals surface area contributed by atoms with Crippen LogP contribution in [0.15, 0.2) is 311 Å². The predicted octanol–water partition coefficient (Wildman–Crippen LogP) is 24.5. The number of carbonyl (C=O) groups is 6. The maximum atomic E-state index is 12.7. The highest BCUT2D eigenvalue weighted by atomic mass is 32.1. The van der Waals surface area contributed by atoms with Crippen molar-refractivity contribution in [3.63, 3.8) is 0 Å². The molecule has 0 atom stereocenters. The number of rotatable bonds is 38. The molecule has 3 aromatic heterocycles. The van der Waals surface area contributed by atoms with Gasteiger partial charge in [-0.2, -0.15) is 0 Å². The van der Waals surface area contributed by atoms with Crippen molar-refractivity contribution in [2.45, 2.75) is 91.4 Å². The summed E-state index contributed by atoms with van der Waals surface area (Å²) in [4.78, 5) is 83.2. The van der Waals surface area contributed by atoms with Crippen molar-refractivity contribution in [2.75, 3.05) is 56.8 Å². The summed E-state index contributed by atoms with van der Waals surface area (Å²) in [5, 5.41) is 25.3. The van der Waals surface area contributed by atoms with Gasteiger partial charge in [-0.25, -0.2) is 43.7 Å². The zero-order valence-corrected chi connectivity index (χ0v) is 79.0. The number of hydrogen-bond donors (Lipinski definition) is 6. The van der Waals surface area contributed by atoms with Crippen LogP contribution >= 0.6 is 34.0 Å². The van der Waals surface area contributed by atoms with Gasteiger partial charge in [-0.05, 0) is 241 Å². The average molecular weight is 1890 g/mol. The number of anilines is 3. The minimum atomic E-state index is -0.509. The van der Waals surface area contributed by atoms with E-state index >= 15 is 0 Å². The average Bonchev–Trinajstić information content (AvgIpc) is 1.18. The summed E-state index contributed by atoms with van der Waals surface area (Å²) in [6.45, 7) is 18.7. The molecule has 0 saturated heterocycles. The van der Waals surface area contributed by atoms with Crippen molar-refractivity contribution < 1.29 is 71.4 Å². The third-order valence-electron chi connectivity index (χ3n) is 20.2. The van der Waals surface area contributed by atoms with Gasteiger partial charge in [0.15, 0.2) is 15.4 Å². The highest BCUT2D eigenvalue weighted by Gasteiger charge is 2.18. The minimum absolute atomic E-state index is 0.246. The van der Waals surface area contributed by atoms with E-state index in [1.807, 2.05) is 97.1 Å². The van der Waals surface area contributed by atoms with E-state index in [1.54, 1.807) is 103 Å². The minimum Gasteiger partial charge on any atom is -0.494 e. The van der Waals surface area contributed by atoms with Crippen LogP contribution in [0.4, 0.5) is 15.4 Å². The number of unbranched alkanes of at least 4 members (excludes halogenated alkanes) is 2. The monoisotopic (exact) mass is 1890 g/mol. The Bertz CT molecular complexity index is 6250. The molecule has 15 rings (SSSR count). The van der Waals surface area contributed by atoms with Gasteiger partial charge in [0.05, 0.1) is 87.0 Å². The Labute approximate surface area is 808 Å². The van der Waals surface area contributed by atoms with Gasteiger partial charge in [0, 0.05) is 60.0 Å². The van der Waals surface area contributed by atoms with Crippen LogP contribution in [-0.4, -0.2) is 109 Å². The molecule has 27 heteroatoms. The quantitative estimate of drug-likeness (QED) is 0.00523. The number of fused-ring (bicyclic) bond motifs is 3. The second-order valence-corrected chi connectivity index (χ2v) is 33.4. The zero-order valence-electron chi connectivity index (χ0n) is 76.5. The predicted molar refractivity (Wildman–Crippen MR) is 551 cm³/mol. The van der Waals surface area contributed by atoms with Gasteiger partial charge in [0.25, 0.3) is 0 Å². The number of nitrogens with zero attached hydrogens (tertiary/aromatic N) is 3. The van der Waals surface area contributed by atoms with Crippen LogP contribution in [0.1, 0.15) is 137 Å². The van der Waals surface area contributed by atoms with Gasteiger partial charge in [-0.3, -0.25) is 0 Å². The Kier molecular flexibility index (Phi) is 41.9. The van der Waals surface area contributed by atoms with Crippen molar-refractivity contribution >= 4 is 135 Å². The molecule has 702 valence electrons. The largest absolute Gasteiger partial charge is 0.494 e. The number of aryl methyl sites for hydroxylation is 3. The first-order valence-electron chi connectivity index (χ1n) is 44.5. The summed E-state index contributed by atoms with van der Waals surface area (Å²) >= 11 is 4.56. The Morgan fingerprint density at radius 1 is 0.321 bits per heavy atom. The fourth-order valence-electron chi connectivity index (χ4n) is 13.3. The fraction of sp³-hybridized carbons (Fsp3) is 0.182. The van der Waals surface area contributed by atoms with Crippen molar-refractivity contribution in [3.05, 3.63) is 361 Å². The first-order valence-corrected chi connectivity index (χ1v) is 46.9. The van der Waals surface area contributed by atoms with E-state index < -0.39 is 35.8 Å². The Hall–Kier alpha value is -15.8. The van der Waals surface area contributed by atoms with Gasteiger partial charge in [-0.15, -0.1) is 0 Å². The highest BCUT2D eigenvalue weighted by Crippen LogP contribution is 2.33. The molecule has 0 fully saturated rings. The van der Waals surface area contributed by atoms with E-state index in [4.69, 9.17) is 76.1 Å². The third-order valence-corrected chi connectivity index (χ3v) is 22.8. The molecule has 0 spiro atoms. The zero-order chi connectivity index (χ0) is 97.5. The molecular formula is C110H109N9O15S3. The molecule has 9 N–H and O–H groups in total. The van der Waals surface area contributed by atoms with Crippen molar-refractivity contribution in [2.24, 2.45) is 0 Å². The summed E-state index contributed by atoms with van der Waals surface area (Å²) in [7, 11) is 0. The molecule has 24 nitrogen and oxygen atoms in total. The summed E-state index contributed by atoms with van der Waals surface area (Å²) < 4.78 is 51.7. The van der Waals surface area contributed by atoms with Gasteiger partial charge in [0.1, 0.15) is 34.5 Å². The third kappa shape index (κ3) is 33.7. The first kappa shape index (κ1) is 103. The topological polar surface area (TPSA) is 374 Å². The summed E-state index contributed by atoms with van der Waals surface area (Å²) in [5.74, 6) is 0.117. The van der Waals surface area contributed by atoms with Crippen molar-refractivity contribution in [3.8, 4) is 67.9 Å². The lowest BCUT2D eigenvalue weighted by Crippen LogP contribution is -2.10. The Balaban J connectivity index is 0.000000183. The smallest absolute Gasteiger partial charge is 0.343 e. The normalized spacial score (nSPS) is 10.4. The number of para-hydroxylation sites is 3. The number of thiazole rings is 3. The maximum Gasteiger partial charge on any atom is 0.343 e. The van der Waals surface area contributed by atoms with Crippen LogP contribution in [0.5, 0.6) is 34.5 Å². The number of nitrogens with one attached hydrogen (secondary N) is 3. The van der Waals surface area contributed by atoms with Crippen LogP contribution in [-0.2, 0) is 47.9 Å². The number of ether oxygens (including phenoxy) is 9. The first-order chi connectivity index (χ1) is 66.7. The van der Waals surface area contributed by atoms with Crippen LogP contribution < -0.4 is 45.6 Å². The fourth-order valence-corrected chi connectivity index (χ4v) is 15.5.